The number of nitrogens with two attached hydrogens (primary N) is 1. The summed E-state index contributed by atoms with van der Waals surface area (Å²) in [5.41, 5.74) is 15.8. The predicted octanol–water partition coefficient (Wildman–Crippen LogP) is 10.3. The summed E-state index contributed by atoms with van der Waals surface area (Å²) in [6.07, 6.45) is 7.60. The average Bonchev–Trinajstić information content (AvgIpc) is 3.31. The minimum atomic E-state index is -1.00. The average molecular weight is 961 g/mol. The van der Waals surface area contributed by atoms with Crippen LogP contribution in [0.25, 0.3) is 21.8 Å². The lowest BCUT2D eigenvalue weighted by molar-refractivity contribution is 0.0696. The summed E-state index contributed by atoms with van der Waals surface area (Å²) >= 11 is 12.0. The van der Waals surface area contributed by atoms with Crippen molar-refractivity contribution in [2.75, 3.05) is 45.1 Å². The fourth-order valence-electron chi connectivity index (χ4n) is 6.70. The van der Waals surface area contributed by atoms with Gasteiger partial charge in [0.1, 0.15) is 11.6 Å². The molecule has 354 valence electrons. The summed E-state index contributed by atoms with van der Waals surface area (Å²) in [6, 6.07) is 30.2. The van der Waals surface area contributed by atoms with Crippen molar-refractivity contribution in [1.82, 2.24) is 35.2 Å². The third-order valence-corrected chi connectivity index (χ3v) is 10.7. The molecule has 4 N–H and O–H groups in total. The van der Waals surface area contributed by atoms with Gasteiger partial charge in [-0.3, -0.25) is 29.1 Å². The molecule has 0 bridgehead atoms. The van der Waals surface area contributed by atoms with Gasteiger partial charge in [-0.2, -0.15) is 0 Å². The number of benzene rings is 2. The fraction of sp³-hybridized carbons (Fsp3) is 0.231. The minimum Gasteiger partial charge on any atom is -0.478 e. The van der Waals surface area contributed by atoms with E-state index in [2.05, 4.69) is 41.3 Å². The van der Waals surface area contributed by atoms with E-state index in [1.54, 1.807) is 30.7 Å². The quantitative estimate of drug-likeness (QED) is 0.112. The molecule has 13 nitrogen and oxygen atoms in total. The molecule has 8 aromatic rings. The highest BCUT2D eigenvalue weighted by Crippen LogP contribution is 2.22. The predicted molar refractivity (Wildman–Crippen MR) is 274 cm³/mol. The Balaban J connectivity index is 0.000000240. The number of rotatable bonds is 11. The first-order chi connectivity index (χ1) is 32.6. The summed E-state index contributed by atoms with van der Waals surface area (Å²) in [4.78, 5) is 53.8. The van der Waals surface area contributed by atoms with Crippen LogP contribution in [0.15, 0.2) is 122 Å². The SMILES string of the molecule is C.Cc1nc(N(C)C)ccc1CN.Cc1nc(N(C)C)ccc1CNC(=O)c1ccnc(Cc2ccc3ncc(Cl)cc3c2)c1.O=C(O)c1ccnc(Cc2ccc3ncc(Cl)cc3c2)c1.[2H]CF. The van der Waals surface area contributed by atoms with Crippen molar-refractivity contribution < 1.29 is 20.5 Å². The molecule has 68 heavy (non-hydrogen) atoms. The number of carboxylic acids is 1. The van der Waals surface area contributed by atoms with E-state index in [1.165, 1.54) is 12.3 Å². The summed E-state index contributed by atoms with van der Waals surface area (Å²) < 4.78 is 15.5. The van der Waals surface area contributed by atoms with Crippen molar-refractivity contribution in [2.45, 2.75) is 47.2 Å². The number of nitrogens with one attached hydrogen (secondary N) is 1. The summed E-state index contributed by atoms with van der Waals surface area (Å²) in [5.74, 6) is 0.778. The van der Waals surface area contributed by atoms with Gasteiger partial charge in [0.25, 0.3) is 5.91 Å². The standard InChI is InChI=1S/C25H24ClN5O.C16H11ClN2O2.C9H15N3.CH3F.CH4/c1-16-19(5-7-24(30-16)31(2)3)14-29-25(32)18-8-9-27-22(13-18)11-17-4-6-23-20(10-17)12-21(26)15-28-23;17-13-7-12-5-10(1-2-15(12)19-9-13)6-14-8-11(16(20)21)3-4-18-14;1-7-8(6-10)4-5-9(11-7)12(2)3;1-2;/h4-10,12-13,15H,11,14H2,1-3H3,(H,29,32);1-5,7-9H,6H2,(H,20,21);4-5H,6,10H2,1-3H3;1H3;1H4/i;;;1D;. The number of fused-ring (bicyclic) bond motifs is 2. The number of carbonyl (C=O) groups is 2. The van der Waals surface area contributed by atoms with Gasteiger partial charge in [-0.15, -0.1) is 0 Å². The van der Waals surface area contributed by atoms with Crippen LogP contribution in [-0.2, 0) is 25.9 Å². The Labute approximate surface area is 408 Å². The Kier molecular flexibility index (Phi) is 19.6. The number of hydrogen-bond donors (Lipinski definition) is 3. The highest BCUT2D eigenvalue weighted by atomic mass is 35.5. The number of carbonyl (C=O) groups excluding carboxylic acids is 1. The molecule has 2 aromatic carbocycles. The second kappa shape index (κ2) is 25.7. The number of hydrogen-bond acceptors (Lipinski definition) is 11. The van der Waals surface area contributed by atoms with Gasteiger partial charge in [0.15, 0.2) is 0 Å². The van der Waals surface area contributed by atoms with Crippen LogP contribution in [0.4, 0.5) is 16.0 Å². The normalized spacial score (nSPS) is 10.5. The number of aromatic nitrogens is 6. The van der Waals surface area contributed by atoms with Crippen LogP contribution >= 0.6 is 23.2 Å². The number of alkyl halides is 1. The molecule has 0 saturated heterocycles. The Hall–Kier alpha value is -7.13. The third-order valence-electron chi connectivity index (χ3n) is 10.3. The van der Waals surface area contributed by atoms with E-state index >= 15 is 0 Å². The second-order valence-electron chi connectivity index (χ2n) is 15.6. The van der Waals surface area contributed by atoms with Crippen LogP contribution in [0, 0.1) is 13.8 Å². The first-order valence-electron chi connectivity index (χ1n) is 21.6. The van der Waals surface area contributed by atoms with Gasteiger partial charge in [0.2, 0.25) is 0 Å². The Morgan fingerprint density at radius 1 is 0.676 bits per heavy atom. The largest absolute Gasteiger partial charge is 0.478 e. The van der Waals surface area contributed by atoms with Gasteiger partial charge >= 0.3 is 5.97 Å². The van der Waals surface area contributed by atoms with Gasteiger partial charge in [0.05, 0.1) is 35.2 Å². The van der Waals surface area contributed by atoms with Crippen molar-refractivity contribution in [2.24, 2.45) is 5.73 Å². The van der Waals surface area contributed by atoms with Crippen LogP contribution in [0.5, 0.6) is 0 Å². The molecule has 1 amide bonds. The third kappa shape index (κ3) is 15.2. The number of pyridine rings is 6. The number of halogens is 3. The molecule has 0 aliphatic heterocycles. The van der Waals surface area contributed by atoms with Gasteiger partial charge in [-0.1, -0.05) is 54.9 Å². The van der Waals surface area contributed by atoms with Gasteiger partial charge in [-0.25, -0.2) is 14.8 Å². The molecule has 0 spiro atoms. The summed E-state index contributed by atoms with van der Waals surface area (Å²) in [6.45, 7) is 4.91. The summed E-state index contributed by atoms with van der Waals surface area (Å²) in [7, 11) is 6.86. The highest BCUT2D eigenvalue weighted by molar-refractivity contribution is 6.31. The molecule has 0 saturated carbocycles. The number of aryl methyl sites for hydroxylation is 2. The fourth-order valence-corrected chi connectivity index (χ4v) is 7.03. The molecular formula is C52H57Cl2FN10O3. The molecule has 8 rings (SSSR count). The Morgan fingerprint density at radius 2 is 1.13 bits per heavy atom. The number of nitrogens with zero attached hydrogens (tertiary/aromatic N) is 8. The second-order valence-corrected chi connectivity index (χ2v) is 16.5. The molecule has 0 unspecified atom stereocenters. The van der Waals surface area contributed by atoms with Crippen molar-refractivity contribution in [3.05, 3.63) is 188 Å². The lowest BCUT2D eigenvalue weighted by Crippen LogP contribution is -2.24. The molecule has 0 atom stereocenters. The van der Waals surface area contributed by atoms with Crippen LogP contribution in [0.2, 0.25) is 10.0 Å². The van der Waals surface area contributed by atoms with E-state index in [0.29, 0.717) is 47.2 Å². The Morgan fingerprint density at radius 3 is 1.57 bits per heavy atom. The monoisotopic (exact) mass is 959 g/mol. The van der Waals surface area contributed by atoms with Gasteiger partial charge in [-0.05, 0) is 109 Å². The highest BCUT2D eigenvalue weighted by Gasteiger charge is 2.11. The van der Waals surface area contributed by atoms with Crippen molar-refractivity contribution in [3.8, 4) is 0 Å². The summed E-state index contributed by atoms with van der Waals surface area (Å²) in [5, 5.41) is 15.1. The van der Waals surface area contributed by atoms with Gasteiger partial charge < -0.3 is 26.0 Å². The molecule has 16 heteroatoms. The molecule has 0 radical (unpaired) electrons. The maximum absolute atomic E-state index is 12.7. The van der Waals surface area contributed by atoms with Crippen molar-refractivity contribution in [3.63, 3.8) is 0 Å². The Bertz CT molecular complexity index is 3000. The minimum absolute atomic E-state index is 0. The van der Waals surface area contributed by atoms with Crippen LogP contribution < -0.4 is 20.9 Å². The topological polar surface area (TPSA) is 176 Å². The number of aromatic carboxylic acids is 1. The molecular weight excluding hydrogens is 903 g/mol. The van der Waals surface area contributed by atoms with E-state index in [9.17, 15) is 14.0 Å². The molecule has 0 aliphatic carbocycles. The number of carboxylic acid groups (broad SMARTS) is 1. The number of amides is 1. The zero-order chi connectivity index (χ0) is 49.3. The van der Waals surface area contributed by atoms with Crippen LogP contribution in [-0.4, -0.2) is 82.2 Å². The van der Waals surface area contributed by atoms with E-state index in [-0.39, 0.29) is 18.9 Å². The van der Waals surface area contributed by atoms with Crippen molar-refractivity contribution >= 4 is 68.5 Å². The van der Waals surface area contributed by atoms with Crippen LogP contribution in [0.3, 0.4) is 0 Å². The van der Waals surface area contributed by atoms with Crippen molar-refractivity contribution in [1.29, 1.82) is 0 Å². The smallest absolute Gasteiger partial charge is 0.335 e. The molecule has 6 aromatic heterocycles. The van der Waals surface area contributed by atoms with Crippen LogP contribution in [0.1, 0.15) is 74.5 Å². The molecule has 6 heterocycles. The first-order valence-corrected chi connectivity index (χ1v) is 21.7. The maximum Gasteiger partial charge on any atom is 0.335 e. The van der Waals surface area contributed by atoms with E-state index in [1.807, 2.05) is 125 Å². The van der Waals surface area contributed by atoms with E-state index < -0.39 is 13.1 Å². The maximum atomic E-state index is 12.7. The zero-order valence-corrected chi connectivity index (χ0v) is 39.6. The van der Waals surface area contributed by atoms with E-state index in [4.69, 9.17) is 35.4 Å². The first kappa shape index (κ1) is 51.8. The van der Waals surface area contributed by atoms with E-state index in [0.717, 1.165) is 72.8 Å². The lowest BCUT2D eigenvalue weighted by atomic mass is 10.0. The van der Waals surface area contributed by atoms with Gasteiger partial charge in [0, 0.05) is 118 Å². The molecule has 0 fully saturated rings. The lowest BCUT2D eigenvalue weighted by Gasteiger charge is -2.14. The zero-order valence-electron chi connectivity index (χ0n) is 39.1. The number of anilines is 2. The molecule has 0 aliphatic rings.